The van der Waals surface area contributed by atoms with Crippen LogP contribution >= 0.6 is 0 Å². The third-order valence-corrected chi connectivity index (χ3v) is 6.09. The number of hydrogen-bond donors (Lipinski definition) is 2. The molecule has 37 heavy (non-hydrogen) atoms. The number of nitrogens with zero attached hydrogens (tertiary/aromatic N) is 2. The van der Waals surface area contributed by atoms with Gasteiger partial charge in [0.2, 0.25) is 0 Å². The second-order valence-electron chi connectivity index (χ2n) is 10.2. The molecule has 0 bridgehead atoms. The zero-order valence-electron chi connectivity index (χ0n) is 22.1. The minimum absolute atomic E-state index is 0.00446. The van der Waals surface area contributed by atoms with Crippen molar-refractivity contribution >= 4 is 17.4 Å². The molecular weight excluding hydrogens is 470 g/mol. The zero-order chi connectivity index (χ0) is 26.8. The molecule has 0 amide bonds. The largest absolute Gasteiger partial charge is 0.481 e. The maximum atomic E-state index is 12.3. The Labute approximate surface area is 218 Å². The SMILES string of the molecule is CCCC[C@@H](COc1nnc(-c2ccc(C(C)(C)C)cc2)o1)Nc1ccc(C(=O)CCCC(=O)O)cc1. The first kappa shape index (κ1) is 27.9. The van der Waals surface area contributed by atoms with Gasteiger partial charge < -0.3 is 19.6 Å². The molecule has 1 aromatic heterocycles. The summed E-state index contributed by atoms with van der Waals surface area (Å²) in [6.07, 6.45) is 3.65. The van der Waals surface area contributed by atoms with Crippen LogP contribution < -0.4 is 10.1 Å². The molecule has 8 heteroatoms. The first-order valence-electron chi connectivity index (χ1n) is 12.8. The van der Waals surface area contributed by atoms with Crippen LogP contribution in [0.5, 0.6) is 6.08 Å². The van der Waals surface area contributed by atoms with Gasteiger partial charge in [0.1, 0.15) is 6.61 Å². The summed E-state index contributed by atoms with van der Waals surface area (Å²) in [6, 6.07) is 15.3. The molecule has 2 aromatic carbocycles. The predicted octanol–water partition coefficient (Wildman–Crippen LogP) is 6.52. The fourth-order valence-electron chi connectivity index (χ4n) is 3.85. The van der Waals surface area contributed by atoms with Gasteiger partial charge in [-0.15, -0.1) is 5.10 Å². The Bertz CT molecular complexity index is 1150. The third kappa shape index (κ3) is 8.74. The van der Waals surface area contributed by atoms with E-state index in [0.717, 1.165) is 30.5 Å². The number of ether oxygens (including phenoxy) is 1. The summed E-state index contributed by atoms with van der Waals surface area (Å²) in [7, 11) is 0. The molecule has 3 aromatic rings. The van der Waals surface area contributed by atoms with Crippen LogP contribution in [0.3, 0.4) is 0 Å². The number of ketones is 1. The van der Waals surface area contributed by atoms with Gasteiger partial charge in [0.05, 0.1) is 6.04 Å². The van der Waals surface area contributed by atoms with Gasteiger partial charge >= 0.3 is 12.0 Å². The van der Waals surface area contributed by atoms with Gasteiger partial charge in [-0.1, -0.05) is 57.8 Å². The van der Waals surface area contributed by atoms with E-state index in [9.17, 15) is 9.59 Å². The number of carbonyl (C=O) groups excluding carboxylic acids is 1. The Hall–Kier alpha value is -3.68. The van der Waals surface area contributed by atoms with Crippen LogP contribution in [0, 0.1) is 0 Å². The molecule has 0 saturated carbocycles. The van der Waals surface area contributed by atoms with E-state index in [1.165, 1.54) is 5.56 Å². The maximum absolute atomic E-state index is 12.3. The van der Waals surface area contributed by atoms with Gasteiger partial charge in [0.25, 0.3) is 5.89 Å². The molecule has 0 saturated heterocycles. The van der Waals surface area contributed by atoms with Crippen LogP contribution in [0.25, 0.3) is 11.5 Å². The Morgan fingerprint density at radius 3 is 2.32 bits per heavy atom. The van der Waals surface area contributed by atoms with Crippen LogP contribution in [0.2, 0.25) is 0 Å². The monoisotopic (exact) mass is 507 g/mol. The van der Waals surface area contributed by atoms with Crippen molar-refractivity contribution in [3.05, 3.63) is 59.7 Å². The van der Waals surface area contributed by atoms with Crippen molar-refractivity contribution in [1.82, 2.24) is 10.2 Å². The Balaban J connectivity index is 1.57. The van der Waals surface area contributed by atoms with E-state index < -0.39 is 5.97 Å². The lowest BCUT2D eigenvalue weighted by Crippen LogP contribution is -2.27. The van der Waals surface area contributed by atoms with Crippen molar-refractivity contribution < 1.29 is 23.8 Å². The minimum atomic E-state index is -0.890. The Morgan fingerprint density at radius 2 is 1.70 bits per heavy atom. The lowest BCUT2D eigenvalue weighted by atomic mass is 9.87. The molecular formula is C29H37N3O5. The molecule has 8 nitrogen and oxygen atoms in total. The minimum Gasteiger partial charge on any atom is -0.481 e. The average molecular weight is 508 g/mol. The number of benzene rings is 2. The van der Waals surface area contributed by atoms with Crippen LogP contribution in [0.15, 0.2) is 52.9 Å². The molecule has 0 spiro atoms. The van der Waals surface area contributed by atoms with E-state index in [0.29, 0.717) is 24.5 Å². The number of carbonyl (C=O) groups is 2. The molecule has 198 valence electrons. The van der Waals surface area contributed by atoms with Crippen molar-refractivity contribution in [2.75, 3.05) is 11.9 Å². The van der Waals surface area contributed by atoms with E-state index >= 15 is 0 Å². The lowest BCUT2D eigenvalue weighted by molar-refractivity contribution is -0.137. The van der Waals surface area contributed by atoms with Crippen LogP contribution in [0.1, 0.15) is 82.1 Å². The summed E-state index contributed by atoms with van der Waals surface area (Å²) in [5, 5.41) is 20.4. The van der Waals surface area contributed by atoms with Crippen molar-refractivity contribution in [3.63, 3.8) is 0 Å². The molecule has 1 atom stereocenters. The number of carboxylic acid groups (broad SMARTS) is 1. The molecule has 0 aliphatic rings. The van der Waals surface area contributed by atoms with Gasteiger partial charge in [-0.3, -0.25) is 9.59 Å². The number of nitrogens with one attached hydrogen (secondary N) is 1. The van der Waals surface area contributed by atoms with E-state index in [4.69, 9.17) is 14.3 Å². The average Bonchev–Trinajstić information content (AvgIpc) is 3.34. The fraction of sp³-hybridized carbons (Fsp3) is 0.448. The summed E-state index contributed by atoms with van der Waals surface area (Å²) in [5.74, 6) is -0.532. The van der Waals surface area contributed by atoms with Crippen molar-refractivity contribution in [2.45, 2.75) is 77.7 Å². The topological polar surface area (TPSA) is 115 Å². The second kappa shape index (κ2) is 13.0. The number of anilines is 1. The summed E-state index contributed by atoms with van der Waals surface area (Å²) in [5.41, 5.74) is 3.59. The number of aliphatic carboxylic acids is 1. The van der Waals surface area contributed by atoms with E-state index in [1.54, 1.807) is 12.1 Å². The number of unbranched alkanes of at least 4 members (excludes halogenated alkanes) is 1. The number of carboxylic acids is 1. The van der Waals surface area contributed by atoms with Gasteiger partial charge in [0, 0.05) is 29.7 Å². The van der Waals surface area contributed by atoms with E-state index in [1.807, 2.05) is 24.3 Å². The number of Topliss-reactive ketones (excluding diaryl/α,β-unsaturated/α-hetero) is 1. The highest BCUT2D eigenvalue weighted by molar-refractivity contribution is 5.96. The molecule has 0 unspecified atom stereocenters. The Morgan fingerprint density at radius 1 is 1.00 bits per heavy atom. The van der Waals surface area contributed by atoms with Crippen molar-refractivity contribution in [2.24, 2.45) is 0 Å². The standard InChI is InChI=1S/C29H37N3O5/c1-5-6-8-24(30-23-17-13-20(14-18-23)25(33)9-7-10-26(34)35)19-36-28-32-31-27(37-28)21-11-15-22(16-12-21)29(2,3)4/h11-18,24,30H,5-10,19H2,1-4H3,(H,34,35)/t24-/m0/s1. The van der Waals surface area contributed by atoms with Gasteiger partial charge in [-0.2, -0.15) is 0 Å². The molecule has 1 heterocycles. The highest BCUT2D eigenvalue weighted by Gasteiger charge is 2.17. The lowest BCUT2D eigenvalue weighted by Gasteiger charge is -2.19. The van der Waals surface area contributed by atoms with Crippen LogP contribution in [0.4, 0.5) is 5.69 Å². The fourth-order valence-corrected chi connectivity index (χ4v) is 3.85. The van der Waals surface area contributed by atoms with E-state index in [-0.39, 0.29) is 36.2 Å². The number of hydrogen-bond acceptors (Lipinski definition) is 7. The van der Waals surface area contributed by atoms with Crippen molar-refractivity contribution in [1.29, 1.82) is 0 Å². The van der Waals surface area contributed by atoms with Gasteiger partial charge in [-0.25, -0.2) is 0 Å². The summed E-state index contributed by atoms with van der Waals surface area (Å²) in [6.45, 7) is 8.99. The predicted molar refractivity (Wildman–Crippen MR) is 143 cm³/mol. The molecule has 0 fully saturated rings. The molecule has 2 N–H and O–H groups in total. The number of aromatic nitrogens is 2. The number of rotatable bonds is 14. The first-order valence-corrected chi connectivity index (χ1v) is 12.8. The van der Waals surface area contributed by atoms with Gasteiger partial charge in [-0.05, 0) is 60.2 Å². The molecule has 0 aliphatic carbocycles. The first-order chi connectivity index (χ1) is 17.7. The molecule has 3 rings (SSSR count). The normalized spacial score (nSPS) is 12.2. The van der Waals surface area contributed by atoms with Gasteiger partial charge in [0.15, 0.2) is 5.78 Å². The highest BCUT2D eigenvalue weighted by Crippen LogP contribution is 2.27. The zero-order valence-corrected chi connectivity index (χ0v) is 22.1. The van der Waals surface area contributed by atoms with E-state index in [2.05, 4.69) is 55.3 Å². The summed E-state index contributed by atoms with van der Waals surface area (Å²) in [4.78, 5) is 22.9. The molecule has 0 radical (unpaired) electrons. The maximum Gasteiger partial charge on any atom is 0.414 e. The van der Waals surface area contributed by atoms with Crippen LogP contribution in [-0.4, -0.2) is 39.7 Å². The summed E-state index contributed by atoms with van der Waals surface area (Å²) < 4.78 is 11.6. The smallest absolute Gasteiger partial charge is 0.414 e. The second-order valence-corrected chi connectivity index (χ2v) is 10.2. The summed E-state index contributed by atoms with van der Waals surface area (Å²) >= 11 is 0. The third-order valence-electron chi connectivity index (χ3n) is 6.09. The van der Waals surface area contributed by atoms with Crippen molar-refractivity contribution in [3.8, 4) is 17.5 Å². The Kier molecular flexibility index (Phi) is 9.83. The highest BCUT2D eigenvalue weighted by atomic mass is 16.6. The molecule has 0 aliphatic heterocycles. The van der Waals surface area contributed by atoms with Crippen LogP contribution in [-0.2, 0) is 10.2 Å². The quantitative estimate of drug-likeness (QED) is 0.237.